The lowest BCUT2D eigenvalue weighted by molar-refractivity contribution is -0.274. The molecule has 3 rings (SSSR count). The average molecular weight is 417 g/mol. The van der Waals surface area contributed by atoms with Crippen LogP contribution in [0.5, 0.6) is 17.2 Å². The van der Waals surface area contributed by atoms with Crippen LogP contribution in [0.25, 0.3) is 0 Å². The van der Waals surface area contributed by atoms with Gasteiger partial charge >= 0.3 is 12.3 Å². The van der Waals surface area contributed by atoms with E-state index < -0.39 is 18.1 Å². The van der Waals surface area contributed by atoms with Crippen LogP contribution in [0.15, 0.2) is 66.7 Å². The molecule has 0 heterocycles. The molecule has 2 N–H and O–H groups in total. The van der Waals surface area contributed by atoms with E-state index in [9.17, 15) is 18.0 Å². The summed E-state index contributed by atoms with van der Waals surface area (Å²) in [5, 5.41) is 0. The van der Waals surface area contributed by atoms with Gasteiger partial charge in [0.2, 0.25) is 0 Å². The summed E-state index contributed by atoms with van der Waals surface area (Å²) in [6.07, 6.45) is -4.94. The molecule has 0 fully saturated rings. The molecule has 8 heteroatoms. The van der Waals surface area contributed by atoms with Crippen molar-refractivity contribution in [3.8, 4) is 17.2 Å². The van der Waals surface area contributed by atoms with Gasteiger partial charge in [0.25, 0.3) is 0 Å². The van der Waals surface area contributed by atoms with Crippen LogP contribution < -0.4 is 19.9 Å². The van der Waals surface area contributed by atoms with Gasteiger partial charge in [-0.15, -0.1) is 13.2 Å². The molecule has 30 heavy (non-hydrogen) atoms. The van der Waals surface area contributed by atoms with Gasteiger partial charge < -0.3 is 19.9 Å². The van der Waals surface area contributed by atoms with E-state index in [0.29, 0.717) is 0 Å². The second kappa shape index (κ2) is 8.77. The van der Waals surface area contributed by atoms with Crippen LogP contribution in [0.4, 0.5) is 18.9 Å². The minimum atomic E-state index is -4.94. The van der Waals surface area contributed by atoms with Gasteiger partial charge in [0.15, 0.2) is 11.5 Å². The lowest BCUT2D eigenvalue weighted by Crippen LogP contribution is -2.19. The van der Waals surface area contributed by atoms with Crippen LogP contribution >= 0.6 is 0 Å². The lowest BCUT2D eigenvalue weighted by Gasteiger charge is -2.19. The molecule has 0 aliphatic rings. The van der Waals surface area contributed by atoms with Crippen LogP contribution in [0.3, 0.4) is 0 Å². The quantitative estimate of drug-likeness (QED) is 0.336. The molecule has 3 aromatic rings. The number of alkyl halides is 3. The molecule has 0 radical (unpaired) electrons. The highest BCUT2D eigenvalue weighted by atomic mass is 19.4. The number of carbonyl (C=O) groups is 1. The normalized spacial score (nSPS) is 11.1. The topological polar surface area (TPSA) is 70.8 Å². The van der Waals surface area contributed by atoms with E-state index in [0.717, 1.165) is 11.6 Å². The number of hydrogen-bond acceptors (Lipinski definition) is 5. The van der Waals surface area contributed by atoms with Crippen molar-refractivity contribution in [2.45, 2.75) is 19.9 Å². The van der Waals surface area contributed by atoms with Crippen molar-refractivity contribution in [1.82, 2.24) is 0 Å². The number of benzene rings is 3. The van der Waals surface area contributed by atoms with Crippen molar-refractivity contribution in [3.05, 3.63) is 83.4 Å². The standard InChI is InChI=1S/C22H18F3NO4/c1-14-18(30-22(23,24)25)12-17(26)20(28-13-15-8-4-2-5-9-15)19(14)29-21(27)16-10-6-3-7-11-16/h2-12H,13,26H2,1H3. The van der Waals surface area contributed by atoms with E-state index in [4.69, 9.17) is 15.2 Å². The molecule has 0 amide bonds. The number of halogens is 3. The minimum Gasteiger partial charge on any atom is -0.483 e. The third-order valence-electron chi connectivity index (χ3n) is 4.12. The van der Waals surface area contributed by atoms with Gasteiger partial charge in [-0.2, -0.15) is 0 Å². The average Bonchev–Trinajstić information content (AvgIpc) is 2.71. The van der Waals surface area contributed by atoms with Gasteiger partial charge in [-0.1, -0.05) is 48.5 Å². The SMILES string of the molecule is Cc1c(OC(F)(F)F)cc(N)c(OCc2ccccc2)c1OC(=O)c1ccccc1. The summed E-state index contributed by atoms with van der Waals surface area (Å²) >= 11 is 0. The highest BCUT2D eigenvalue weighted by Gasteiger charge is 2.33. The van der Waals surface area contributed by atoms with E-state index >= 15 is 0 Å². The molecule has 0 aliphatic carbocycles. The lowest BCUT2D eigenvalue weighted by atomic mass is 10.1. The first-order valence-corrected chi connectivity index (χ1v) is 8.87. The number of nitrogen functional groups attached to an aromatic ring is 1. The summed E-state index contributed by atoms with van der Waals surface area (Å²) < 4.78 is 53.5. The summed E-state index contributed by atoms with van der Waals surface area (Å²) in [6, 6.07) is 18.1. The van der Waals surface area contributed by atoms with E-state index in [1.165, 1.54) is 19.1 Å². The zero-order valence-electron chi connectivity index (χ0n) is 15.9. The van der Waals surface area contributed by atoms with Gasteiger partial charge in [0.05, 0.1) is 11.3 Å². The Morgan fingerprint density at radius 2 is 1.57 bits per heavy atom. The summed E-state index contributed by atoms with van der Waals surface area (Å²) in [7, 11) is 0. The van der Waals surface area contributed by atoms with E-state index in [1.54, 1.807) is 30.3 Å². The maximum Gasteiger partial charge on any atom is 0.573 e. The summed E-state index contributed by atoms with van der Waals surface area (Å²) in [5.41, 5.74) is 6.70. The Morgan fingerprint density at radius 3 is 2.17 bits per heavy atom. The van der Waals surface area contributed by atoms with E-state index in [1.807, 2.05) is 18.2 Å². The molecular weight excluding hydrogens is 399 g/mol. The fourth-order valence-electron chi connectivity index (χ4n) is 2.69. The third-order valence-corrected chi connectivity index (χ3v) is 4.12. The fourth-order valence-corrected chi connectivity index (χ4v) is 2.69. The number of esters is 1. The molecule has 5 nitrogen and oxygen atoms in total. The molecular formula is C22H18F3NO4. The Labute approximate surface area is 170 Å². The van der Waals surface area contributed by atoms with Gasteiger partial charge in [0, 0.05) is 11.6 Å². The zero-order chi connectivity index (χ0) is 21.7. The van der Waals surface area contributed by atoms with Gasteiger partial charge in [-0.25, -0.2) is 4.79 Å². The molecule has 0 saturated heterocycles. The molecule has 0 aliphatic heterocycles. The molecule has 0 atom stereocenters. The van der Waals surface area contributed by atoms with Crippen molar-refractivity contribution in [2.24, 2.45) is 0 Å². The molecule has 3 aromatic carbocycles. The Hall–Kier alpha value is -3.68. The fraction of sp³-hybridized carbons (Fsp3) is 0.136. The first kappa shape index (κ1) is 21.0. The van der Waals surface area contributed by atoms with Crippen molar-refractivity contribution < 1.29 is 32.2 Å². The second-order valence-electron chi connectivity index (χ2n) is 6.32. The van der Waals surface area contributed by atoms with Crippen LogP contribution in [0.2, 0.25) is 0 Å². The molecule has 0 bridgehead atoms. The Kier molecular flexibility index (Phi) is 6.15. The molecule has 0 saturated carbocycles. The number of carbonyl (C=O) groups excluding carboxylic acids is 1. The first-order chi connectivity index (χ1) is 14.2. The van der Waals surface area contributed by atoms with Gasteiger partial charge in [0.1, 0.15) is 12.4 Å². The number of rotatable bonds is 6. The largest absolute Gasteiger partial charge is 0.573 e. The zero-order valence-corrected chi connectivity index (χ0v) is 15.9. The Bertz CT molecular complexity index is 1020. The van der Waals surface area contributed by atoms with Crippen molar-refractivity contribution >= 4 is 11.7 Å². The highest BCUT2D eigenvalue weighted by molar-refractivity contribution is 5.92. The second-order valence-corrected chi connectivity index (χ2v) is 6.32. The first-order valence-electron chi connectivity index (χ1n) is 8.87. The Morgan fingerprint density at radius 1 is 0.967 bits per heavy atom. The van der Waals surface area contributed by atoms with Crippen molar-refractivity contribution in [1.29, 1.82) is 0 Å². The van der Waals surface area contributed by atoms with E-state index in [-0.39, 0.29) is 34.9 Å². The maximum absolute atomic E-state index is 12.8. The highest BCUT2D eigenvalue weighted by Crippen LogP contribution is 2.44. The summed E-state index contributed by atoms with van der Waals surface area (Å²) in [4.78, 5) is 12.5. The predicted molar refractivity (Wildman–Crippen MR) is 104 cm³/mol. The van der Waals surface area contributed by atoms with Crippen LogP contribution in [0.1, 0.15) is 21.5 Å². The number of ether oxygens (including phenoxy) is 3. The number of hydrogen-bond donors (Lipinski definition) is 1. The van der Waals surface area contributed by atoms with E-state index in [2.05, 4.69) is 4.74 Å². The number of nitrogens with two attached hydrogens (primary N) is 1. The molecule has 0 aromatic heterocycles. The molecule has 0 unspecified atom stereocenters. The summed E-state index contributed by atoms with van der Waals surface area (Å²) in [6.45, 7) is 1.39. The van der Waals surface area contributed by atoms with Crippen LogP contribution in [-0.2, 0) is 6.61 Å². The van der Waals surface area contributed by atoms with Gasteiger partial charge in [-0.3, -0.25) is 0 Å². The van der Waals surface area contributed by atoms with Crippen molar-refractivity contribution in [3.63, 3.8) is 0 Å². The van der Waals surface area contributed by atoms with Crippen LogP contribution in [-0.4, -0.2) is 12.3 Å². The predicted octanol–water partition coefficient (Wildman–Crippen LogP) is 5.27. The van der Waals surface area contributed by atoms with Crippen LogP contribution in [0, 0.1) is 6.92 Å². The Balaban J connectivity index is 1.98. The maximum atomic E-state index is 12.8. The van der Waals surface area contributed by atoms with Gasteiger partial charge in [-0.05, 0) is 24.6 Å². The minimum absolute atomic E-state index is 0.0461. The number of anilines is 1. The smallest absolute Gasteiger partial charge is 0.483 e. The molecule has 156 valence electrons. The summed E-state index contributed by atoms with van der Waals surface area (Å²) in [5.74, 6) is -1.64. The van der Waals surface area contributed by atoms with Crippen molar-refractivity contribution in [2.75, 3.05) is 5.73 Å². The monoisotopic (exact) mass is 417 g/mol. The molecule has 0 spiro atoms. The third kappa shape index (κ3) is 5.22.